The van der Waals surface area contributed by atoms with E-state index in [0.29, 0.717) is 10.7 Å². The topological polar surface area (TPSA) is 68.1 Å². The smallest absolute Gasteiger partial charge is 0.271 e. The lowest BCUT2D eigenvalue weighted by Gasteiger charge is -2.26. The molecule has 5 nitrogen and oxygen atoms in total. The predicted molar refractivity (Wildman–Crippen MR) is 81.6 cm³/mol. The lowest BCUT2D eigenvalue weighted by Crippen LogP contribution is -2.19. The number of hydrogen-bond acceptors (Lipinski definition) is 4. The molecular weight excluding hydrogens is 290 g/mol. The molecule has 1 aliphatic carbocycles. The first-order chi connectivity index (χ1) is 10.1. The van der Waals surface area contributed by atoms with Crippen LogP contribution in [0.5, 0.6) is 0 Å². The molecule has 1 N–H and O–H groups in total. The minimum atomic E-state index is -0.451. The number of nitrogens with zero attached hydrogens (tertiary/aromatic N) is 2. The SMILES string of the molecule is O=[N+]([O-])c1ccc(NC2CCCc3cccnc32)c(Cl)c1. The Labute approximate surface area is 127 Å². The standard InChI is InChI=1S/C15H14ClN3O2/c16-12-9-11(19(20)21)6-7-13(12)18-14-5-1-3-10-4-2-8-17-15(10)14/h2,4,6-9,14,18H,1,3,5H2. The van der Waals surface area contributed by atoms with Gasteiger partial charge in [0.05, 0.1) is 27.4 Å². The second-order valence-electron chi connectivity index (χ2n) is 5.06. The molecule has 0 saturated carbocycles. The number of nitro benzene ring substituents is 1. The van der Waals surface area contributed by atoms with E-state index in [0.717, 1.165) is 25.0 Å². The van der Waals surface area contributed by atoms with Crippen LogP contribution < -0.4 is 5.32 Å². The molecule has 1 aromatic carbocycles. The zero-order chi connectivity index (χ0) is 14.8. The maximum atomic E-state index is 10.7. The number of pyridine rings is 1. The van der Waals surface area contributed by atoms with Crippen molar-refractivity contribution in [1.82, 2.24) is 4.98 Å². The molecule has 2 aromatic rings. The van der Waals surface area contributed by atoms with E-state index in [9.17, 15) is 10.1 Å². The molecule has 0 saturated heterocycles. The van der Waals surface area contributed by atoms with Crippen LogP contribution in [0.15, 0.2) is 36.5 Å². The van der Waals surface area contributed by atoms with Gasteiger partial charge in [0.2, 0.25) is 0 Å². The third kappa shape index (κ3) is 2.83. The quantitative estimate of drug-likeness (QED) is 0.683. The summed E-state index contributed by atoms with van der Waals surface area (Å²) in [6.07, 6.45) is 4.88. The highest BCUT2D eigenvalue weighted by Crippen LogP contribution is 2.34. The van der Waals surface area contributed by atoms with Crippen molar-refractivity contribution in [2.24, 2.45) is 0 Å². The summed E-state index contributed by atoms with van der Waals surface area (Å²) in [6.45, 7) is 0. The first-order valence-corrected chi connectivity index (χ1v) is 7.17. The fourth-order valence-electron chi connectivity index (χ4n) is 2.67. The van der Waals surface area contributed by atoms with Gasteiger partial charge in [0.15, 0.2) is 0 Å². The van der Waals surface area contributed by atoms with Gasteiger partial charge in [-0.25, -0.2) is 0 Å². The molecule has 1 heterocycles. The predicted octanol–water partition coefficient (Wildman–Crippen LogP) is 4.13. The average Bonchev–Trinajstić information content (AvgIpc) is 2.49. The highest BCUT2D eigenvalue weighted by molar-refractivity contribution is 6.33. The van der Waals surface area contributed by atoms with E-state index in [1.165, 1.54) is 17.7 Å². The fourth-order valence-corrected chi connectivity index (χ4v) is 2.90. The second-order valence-corrected chi connectivity index (χ2v) is 5.47. The van der Waals surface area contributed by atoms with Crippen LogP contribution in [0.25, 0.3) is 0 Å². The molecule has 6 heteroatoms. The first-order valence-electron chi connectivity index (χ1n) is 6.79. The molecule has 1 atom stereocenters. The maximum absolute atomic E-state index is 10.7. The molecule has 21 heavy (non-hydrogen) atoms. The molecule has 0 fully saturated rings. The van der Waals surface area contributed by atoms with E-state index in [1.54, 1.807) is 12.3 Å². The van der Waals surface area contributed by atoms with Gasteiger partial charge >= 0.3 is 0 Å². The second kappa shape index (κ2) is 5.69. The molecule has 0 aliphatic heterocycles. The average molecular weight is 304 g/mol. The van der Waals surface area contributed by atoms with Crippen molar-refractivity contribution in [2.75, 3.05) is 5.32 Å². The third-order valence-corrected chi connectivity index (χ3v) is 4.00. The number of benzene rings is 1. The van der Waals surface area contributed by atoms with Crippen LogP contribution in [0, 0.1) is 10.1 Å². The van der Waals surface area contributed by atoms with Crippen molar-refractivity contribution in [3.05, 3.63) is 62.9 Å². The number of anilines is 1. The number of nitro groups is 1. The molecular formula is C15H14ClN3O2. The number of nitrogens with one attached hydrogen (secondary N) is 1. The van der Waals surface area contributed by atoms with Crippen molar-refractivity contribution >= 4 is 23.0 Å². The summed E-state index contributed by atoms with van der Waals surface area (Å²) in [4.78, 5) is 14.7. The number of fused-ring (bicyclic) bond motifs is 1. The van der Waals surface area contributed by atoms with E-state index < -0.39 is 4.92 Å². The van der Waals surface area contributed by atoms with Crippen molar-refractivity contribution in [3.63, 3.8) is 0 Å². The minimum absolute atomic E-state index is 0.00674. The van der Waals surface area contributed by atoms with Gasteiger partial charge in [-0.1, -0.05) is 17.7 Å². The van der Waals surface area contributed by atoms with Crippen LogP contribution in [-0.4, -0.2) is 9.91 Å². The Balaban J connectivity index is 1.86. The van der Waals surface area contributed by atoms with Crippen molar-refractivity contribution in [2.45, 2.75) is 25.3 Å². The zero-order valence-corrected chi connectivity index (χ0v) is 12.0. The van der Waals surface area contributed by atoms with Gasteiger partial charge in [-0.15, -0.1) is 0 Å². The van der Waals surface area contributed by atoms with Gasteiger partial charge in [-0.05, 0) is 37.0 Å². The third-order valence-electron chi connectivity index (χ3n) is 3.69. The Bertz CT molecular complexity index is 690. The van der Waals surface area contributed by atoms with Gasteiger partial charge in [0.1, 0.15) is 0 Å². The van der Waals surface area contributed by atoms with Gasteiger partial charge in [0.25, 0.3) is 5.69 Å². The molecule has 0 radical (unpaired) electrons. The van der Waals surface area contributed by atoms with E-state index >= 15 is 0 Å². The summed E-state index contributed by atoms with van der Waals surface area (Å²) < 4.78 is 0. The molecule has 0 amide bonds. The van der Waals surface area contributed by atoms with Gasteiger partial charge < -0.3 is 5.32 Å². The fraction of sp³-hybridized carbons (Fsp3) is 0.267. The molecule has 108 valence electrons. The van der Waals surface area contributed by atoms with Crippen molar-refractivity contribution in [1.29, 1.82) is 0 Å². The summed E-state index contributed by atoms with van der Waals surface area (Å²) in [5, 5.41) is 14.4. The Hall–Kier alpha value is -2.14. The van der Waals surface area contributed by atoms with Crippen LogP contribution in [0.2, 0.25) is 5.02 Å². The Morgan fingerprint density at radius 1 is 1.38 bits per heavy atom. The summed E-state index contributed by atoms with van der Waals surface area (Å²) >= 11 is 6.13. The maximum Gasteiger partial charge on any atom is 0.271 e. The lowest BCUT2D eigenvalue weighted by molar-refractivity contribution is -0.384. The monoisotopic (exact) mass is 303 g/mol. The van der Waals surface area contributed by atoms with Gasteiger partial charge in [0, 0.05) is 18.3 Å². The Morgan fingerprint density at radius 3 is 3.00 bits per heavy atom. The van der Waals surface area contributed by atoms with Crippen molar-refractivity contribution in [3.8, 4) is 0 Å². The Morgan fingerprint density at radius 2 is 2.24 bits per heavy atom. The number of aromatic nitrogens is 1. The summed E-state index contributed by atoms with van der Waals surface area (Å²) in [5.41, 5.74) is 2.98. The molecule has 0 spiro atoms. The lowest BCUT2D eigenvalue weighted by atomic mass is 9.92. The van der Waals surface area contributed by atoms with E-state index in [-0.39, 0.29) is 11.7 Å². The van der Waals surface area contributed by atoms with Gasteiger partial charge in [-0.2, -0.15) is 0 Å². The molecule has 3 rings (SSSR count). The molecule has 1 aromatic heterocycles. The summed E-state index contributed by atoms with van der Waals surface area (Å²) in [7, 11) is 0. The van der Waals surface area contributed by atoms with E-state index in [2.05, 4.69) is 16.4 Å². The highest BCUT2D eigenvalue weighted by Gasteiger charge is 2.22. The van der Waals surface area contributed by atoms with Gasteiger partial charge in [-0.3, -0.25) is 15.1 Å². The summed E-state index contributed by atoms with van der Waals surface area (Å²) in [6, 6.07) is 8.60. The van der Waals surface area contributed by atoms with E-state index in [1.807, 2.05) is 6.07 Å². The van der Waals surface area contributed by atoms with Crippen LogP contribution in [0.1, 0.15) is 30.1 Å². The number of rotatable bonds is 3. The van der Waals surface area contributed by atoms with Crippen LogP contribution in [0.4, 0.5) is 11.4 Å². The zero-order valence-electron chi connectivity index (χ0n) is 11.3. The normalized spacial score (nSPS) is 17.1. The van der Waals surface area contributed by atoms with Crippen molar-refractivity contribution < 1.29 is 4.92 Å². The largest absolute Gasteiger partial charge is 0.375 e. The molecule has 1 unspecified atom stereocenters. The van der Waals surface area contributed by atoms with Crippen LogP contribution in [-0.2, 0) is 6.42 Å². The number of halogens is 1. The minimum Gasteiger partial charge on any atom is -0.375 e. The number of hydrogen-bond donors (Lipinski definition) is 1. The first kappa shape index (κ1) is 13.8. The highest BCUT2D eigenvalue weighted by atomic mass is 35.5. The van der Waals surface area contributed by atoms with Crippen LogP contribution >= 0.6 is 11.6 Å². The number of aryl methyl sites for hydroxylation is 1. The summed E-state index contributed by atoms with van der Waals surface area (Å²) in [5.74, 6) is 0. The van der Waals surface area contributed by atoms with E-state index in [4.69, 9.17) is 11.6 Å². The number of non-ortho nitro benzene ring substituents is 1. The molecule has 1 aliphatic rings. The Kier molecular flexibility index (Phi) is 3.75. The molecule has 0 bridgehead atoms. The van der Waals surface area contributed by atoms with Crippen LogP contribution in [0.3, 0.4) is 0 Å².